The summed E-state index contributed by atoms with van der Waals surface area (Å²) in [5, 5.41) is 12.8. The lowest BCUT2D eigenvalue weighted by Crippen LogP contribution is -2.41. The van der Waals surface area contributed by atoms with Crippen molar-refractivity contribution in [2.24, 2.45) is 11.3 Å². The molecule has 0 aromatic carbocycles. The van der Waals surface area contributed by atoms with Crippen LogP contribution >= 0.6 is 0 Å². The molecule has 2 N–H and O–H groups in total. The Balaban J connectivity index is 3.97. The van der Waals surface area contributed by atoms with Gasteiger partial charge in [0.25, 0.3) is 0 Å². The average molecular weight is 213 g/mol. The molecule has 0 spiro atoms. The second-order valence-electron chi connectivity index (χ2n) is 4.99. The maximum absolute atomic E-state index is 9.28. The van der Waals surface area contributed by atoms with Crippen molar-refractivity contribution in [3.05, 3.63) is 12.7 Å². The van der Waals surface area contributed by atoms with Crippen molar-refractivity contribution in [1.29, 1.82) is 0 Å². The number of hydrogen-bond acceptors (Lipinski definition) is 2. The van der Waals surface area contributed by atoms with Crippen LogP contribution in [0.15, 0.2) is 12.7 Å². The molecule has 0 heterocycles. The van der Waals surface area contributed by atoms with Crippen LogP contribution in [0.3, 0.4) is 0 Å². The van der Waals surface area contributed by atoms with Crippen molar-refractivity contribution in [3.63, 3.8) is 0 Å². The molecule has 0 aliphatic rings. The number of hydrogen-bond donors (Lipinski definition) is 2. The fourth-order valence-electron chi connectivity index (χ4n) is 1.37. The van der Waals surface area contributed by atoms with E-state index in [0.717, 1.165) is 19.4 Å². The van der Waals surface area contributed by atoms with Crippen LogP contribution in [0.2, 0.25) is 0 Å². The van der Waals surface area contributed by atoms with Gasteiger partial charge in [0.2, 0.25) is 0 Å². The Morgan fingerprint density at radius 1 is 1.47 bits per heavy atom. The molecule has 0 amide bonds. The van der Waals surface area contributed by atoms with Crippen molar-refractivity contribution >= 4 is 0 Å². The van der Waals surface area contributed by atoms with E-state index in [1.165, 1.54) is 0 Å². The van der Waals surface area contributed by atoms with Crippen LogP contribution in [0.5, 0.6) is 0 Å². The minimum Gasteiger partial charge on any atom is -0.396 e. The third-order valence-electron chi connectivity index (χ3n) is 3.48. The quantitative estimate of drug-likeness (QED) is 0.607. The number of aliphatic hydroxyl groups excluding tert-OH is 1. The minimum absolute atomic E-state index is 0.0160. The Bertz CT molecular complexity index is 175. The first-order valence-electron chi connectivity index (χ1n) is 5.94. The zero-order valence-corrected chi connectivity index (χ0v) is 10.7. The van der Waals surface area contributed by atoms with Crippen LogP contribution in [0, 0.1) is 11.3 Å². The van der Waals surface area contributed by atoms with Gasteiger partial charge in [0.05, 0.1) is 0 Å². The third kappa shape index (κ3) is 5.33. The van der Waals surface area contributed by atoms with E-state index < -0.39 is 0 Å². The van der Waals surface area contributed by atoms with Crippen molar-refractivity contribution in [1.82, 2.24) is 5.32 Å². The fraction of sp³-hybridized carbons (Fsp3) is 0.846. The van der Waals surface area contributed by atoms with E-state index in [1.54, 1.807) is 0 Å². The van der Waals surface area contributed by atoms with E-state index in [0.29, 0.717) is 12.0 Å². The molecule has 3 unspecified atom stereocenters. The Hall–Kier alpha value is -0.340. The normalized spacial score (nSPS) is 19.3. The summed E-state index contributed by atoms with van der Waals surface area (Å²) in [7, 11) is 0. The van der Waals surface area contributed by atoms with Crippen molar-refractivity contribution in [2.45, 2.75) is 46.6 Å². The van der Waals surface area contributed by atoms with Gasteiger partial charge in [0.1, 0.15) is 0 Å². The molecule has 0 fully saturated rings. The molecule has 90 valence electrons. The summed E-state index contributed by atoms with van der Waals surface area (Å²) in [5.41, 5.74) is 0.0160. The van der Waals surface area contributed by atoms with Crippen molar-refractivity contribution in [3.8, 4) is 0 Å². The van der Waals surface area contributed by atoms with E-state index >= 15 is 0 Å². The highest BCUT2D eigenvalue weighted by Gasteiger charge is 2.22. The van der Waals surface area contributed by atoms with Gasteiger partial charge in [-0.15, -0.1) is 6.58 Å². The van der Waals surface area contributed by atoms with Crippen LogP contribution in [0.4, 0.5) is 0 Å². The van der Waals surface area contributed by atoms with Crippen molar-refractivity contribution < 1.29 is 5.11 Å². The molecule has 0 aliphatic heterocycles. The maximum Gasteiger partial charge on any atom is 0.0496 e. The lowest BCUT2D eigenvalue weighted by atomic mass is 9.87. The van der Waals surface area contributed by atoms with Gasteiger partial charge < -0.3 is 10.4 Å². The monoisotopic (exact) mass is 213 g/mol. The molecule has 0 rings (SSSR count). The summed E-state index contributed by atoms with van der Waals surface area (Å²) in [6.45, 7) is 13.5. The van der Waals surface area contributed by atoms with Crippen LogP contribution in [-0.2, 0) is 0 Å². The molecule has 0 aliphatic carbocycles. The van der Waals surface area contributed by atoms with E-state index in [-0.39, 0.29) is 12.0 Å². The standard InChI is InChI=1S/C13H27NO/c1-6-8-11(3)12(4)14-9-13(5,7-2)10-15/h6,11-12,14-15H,1,7-10H2,2-5H3. The highest BCUT2D eigenvalue weighted by atomic mass is 16.3. The molecule has 0 aromatic heterocycles. The molecule has 0 saturated carbocycles. The van der Waals surface area contributed by atoms with E-state index in [4.69, 9.17) is 0 Å². The maximum atomic E-state index is 9.28. The summed E-state index contributed by atoms with van der Waals surface area (Å²) in [6, 6.07) is 0.473. The van der Waals surface area contributed by atoms with Gasteiger partial charge in [-0.3, -0.25) is 0 Å². The Morgan fingerprint density at radius 3 is 2.47 bits per heavy atom. The van der Waals surface area contributed by atoms with Crippen LogP contribution in [0.1, 0.15) is 40.5 Å². The van der Waals surface area contributed by atoms with Gasteiger partial charge in [0, 0.05) is 24.6 Å². The molecular formula is C13H27NO. The second kappa shape index (κ2) is 7.02. The third-order valence-corrected chi connectivity index (χ3v) is 3.48. The lowest BCUT2D eigenvalue weighted by Gasteiger charge is -2.29. The molecule has 0 aromatic rings. The highest BCUT2D eigenvalue weighted by Crippen LogP contribution is 2.19. The first-order chi connectivity index (χ1) is 6.99. The van der Waals surface area contributed by atoms with Crippen LogP contribution < -0.4 is 5.32 Å². The number of rotatable bonds is 8. The van der Waals surface area contributed by atoms with Crippen LogP contribution in [-0.4, -0.2) is 24.3 Å². The van der Waals surface area contributed by atoms with Crippen molar-refractivity contribution in [2.75, 3.05) is 13.2 Å². The minimum atomic E-state index is 0.0160. The van der Waals surface area contributed by atoms with Crippen LogP contribution in [0.25, 0.3) is 0 Å². The second-order valence-corrected chi connectivity index (χ2v) is 4.99. The highest BCUT2D eigenvalue weighted by molar-refractivity contribution is 4.81. The lowest BCUT2D eigenvalue weighted by molar-refractivity contribution is 0.129. The largest absolute Gasteiger partial charge is 0.396 e. The first kappa shape index (κ1) is 14.7. The summed E-state index contributed by atoms with van der Waals surface area (Å²) in [5.74, 6) is 0.599. The smallest absolute Gasteiger partial charge is 0.0496 e. The summed E-state index contributed by atoms with van der Waals surface area (Å²) in [4.78, 5) is 0. The zero-order valence-electron chi connectivity index (χ0n) is 10.7. The fourth-order valence-corrected chi connectivity index (χ4v) is 1.37. The molecule has 15 heavy (non-hydrogen) atoms. The Labute approximate surface area is 94.8 Å². The van der Waals surface area contributed by atoms with Gasteiger partial charge >= 0.3 is 0 Å². The number of allylic oxidation sites excluding steroid dienone is 1. The Morgan fingerprint density at radius 2 is 2.07 bits per heavy atom. The molecule has 0 bridgehead atoms. The molecule has 0 saturated heterocycles. The summed E-state index contributed by atoms with van der Waals surface area (Å²) in [6.07, 6.45) is 4.00. The molecular weight excluding hydrogens is 186 g/mol. The SMILES string of the molecule is C=CCC(C)C(C)NCC(C)(CC)CO. The predicted molar refractivity (Wildman–Crippen MR) is 66.9 cm³/mol. The molecule has 0 radical (unpaired) electrons. The molecule has 2 nitrogen and oxygen atoms in total. The predicted octanol–water partition coefficient (Wildman–Crippen LogP) is 2.59. The van der Waals surface area contributed by atoms with Gasteiger partial charge in [-0.1, -0.05) is 26.8 Å². The number of aliphatic hydroxyl groups is 1. The van der Waals surface area contributed by atoms with Gasteiger partial charge in [-0.2, -0.15) is 0 Å². The van der Waals surface area contributed by atoms with E-state index in [2.05, 4.69) is 39.6 Å². The first-order valence-corrected chi connectivity index (χ1v) is 5.94. The van der Waals surface area contributed by atoms with E-state index in [9.17, 15) is 5.11 Å². The summed E-state index contributed by atoms with van der Waals surface area (Å²) < 4.78 is 0. The number of nitrogens with one attached hydrogen (secondary N) is 1. The van der Waals surface area contributed by atoms with Gasteiger partial charge in [0.15, 0.2) is 0 Å². The van der Waals surface area contributed by atoms with Gasteiger partial charge in [-0.25, -0.2) is 0 Å². The average Bonchev–Trinajstić information content (AvgIpc) is 2.25. The molecule has 2 heteroatoms. The zero-order chi connectivity index (χ0) is 11.9. The van der Waals surface area contributed by atoms with E-state index in [1.807, 2.05) is 6.08 Å². The Kier molecular flexibility index (Phi) is 6.86. The molecule has 3 atom stereocenters. The summed E-state index contributed by atoms with van der Waals surface area (Å²) >= 11 is 0. The topological polar surface area (TPSA) is 32.3 Å². The van der Waals surface area contributed by atoms with Gasteiger partial charge in [-0.05, 0) is 25.7 Å².